The smallest absolute Gasteiger partial charge is 0.312 e. The van der Waals surface area contributed by atoms with E-state index in [1.807, 2.05) is 0 Å². The van der Waals surface area contributed by atoms with Gasteiger partial charge in [0.2, 0.25) is 0 Å². The lowest BCUT2D eigenvalue weighted by Gasteiger charge is -2.34. The number of aliphatic hydroxyl groups excluding tert-OH is 1. The Labute approximate surface area is 83.4 Å². The van der Waals surface area contributed by atoms with Crippen LogP contribution in [-0.4, -0.2) is 24.3 Å². The summed E-state index contributed by atoms with van der Waals surface area (Å²) < 4.78 is 4.92. The lowest BCUT2D eigenvalue weighted by atomic mass is 9.74. The minimum absolute atomic E-state index is 0.0283. The first-order valence-corrected chi connectivity index (χ1v) is 5.44. The lowest BCUT2D eigenvalue weighted by molar-refractivity contribution is -0.155. The van der Waals surface area contributed by atoms with Crippen LogP contribution in [0.2, 0.25) is 0 Å². The summed E-state index contributed by atoms with van der Waals surface area (Å²) in [5.41, 5.74) is -0.205. The Bertz CT molecular complexity index is 270. The SMILES string of the molecule is COC(=O)C12CC3CC1CC(C2)C3O. The number of hydrogen-bond acceptors (Lipinski definition) is 3. The molecular formula is C11H16O3. The fourth-order valence-electron chi connectivity index (χ4n) is 4.24. The molecule has 1 N–H and O–H groups in total. The van der Waals surface area contributed by atoms with Gasteiger partial charge < -0.3 is 9.84 Å². The summed E-state index contributed by atoms with van der Waals surface area (Å²) >= 11 is 0. The highest BCUT2D eigenvalue weighted by molar-refractivity contribution is 5.78. The molecule has 0 saturated heterocycles. The van der Waals surface area contributed by atoms with Crippen molar-refractivity contribution < 1.29 is 14.6 Å². The maximum Gasteiger partial charge on any atom is 0.312 e. The van der Waals surface area contributed by atoms with Crippen molar-refractivity contribution in [2.24, 2.45) is 23.2 Å². The van der Waals surface area contributed by atoms with Crippen LogP contribution in [0, 0.1) is 23.2 Å². The Morgan fingerprint density at radius 1 is 1.36 bits per heavy atom. The van der Waals surface area contributed by atoms with Gasteiger partial charge in [0.05, 0.1) is 18.6 Å². The normalized spacial score (nSPS) is 53.9. The van der Waals surface area contributed by atoms with Gasteiger partial charge in [0.15, 0.2) is 0 Å². The molecule has 2 atom stereocenters. The molecule has 4 aliphatic carbocycles. The number of carbonyl (C=O) groups excluding carboxylic acids is 1. The molecule has 14 heavy (non-hydrogen) atoms. The first-order chi connectivity index (χ1) is 6.67. The lowest BCUT2D eigenvalue weighted by Crippen LogP contribution is -2.38. The van der Waals surface area contributed by atoms with Gasteiger partial charge in [-0.15, -0.1) is 0 Å². The quantitative estimate of drug-likeness (QED) is 0.635. The highest BCUT2D eigenvalue weighted by atomic mass is 16.5. The summed E-state index contributed by atoms with van der Waals surface area (Å²) in [5, 5.41) is 9.92. The second kappa shape index (κ2) is 2.51. The van der Waals surface area contributed by atoms with E-state index in [2.05, 4.69) is 0 Å². The molecule has 0 spiro atoms. The van der Waals surface area contributed by atoms with Gasteiger partial charge in [-0.25, -0.2) is 0 Å². The summed E-state index contributed by atoms with van der Waals surface area (Å²) in [6.45, 7) is 0. The molecule has 0 amide bonds. The fourth-order valence-corrected chi connectivity index (χ4v) is 4.24. The number of methoxy groups -OCH3 is 1. The third-order valence-electron chi connectivity index (χ3n) is 4.77. The zero-order chi connectivity index (χ0) is 9.92. The van der Waals surface area contributed by atoms with Crippen LogP contribution in [0.25, 0.3) is 0 Å². The van der Waals surface area contributed by atoms with Gasteiger partial charge in [0.1, 0.15) is 0 Å². The molecule has 0 heterocycles. The molecule has 4 saturated carbocycles. The van der Waals surface area contributed by atoms with Crippen molar-refractivity contribution in [3.63, 3.8) is 0 Å². The van der Waals surface area contributed by atoms with Gasteiger partial charge in [-0.2, -0.15) is 0 Å². The Balaban J connectivity index is 1.96. The third kappa shape index (κ3) is 0.800. The van der Waals surface area contributed by atoms with Gasteiger partial charge in [0, 0.05) is 0 Å². The van der Waals surface area contributed by atoms with E-state index in [9.17, 15) is 9.90 Å². The monoisotopic (exact) mass is 196 g/mol. The number of aliphatic hydroxyl groups is 1. The van der Waals surface area contributed by atoms with E-state index in [1.54, 1.807) is 0 Å². The van der Waals surface area contributed by atoms with Gasteiger partial charge in [0.25, 0.3) is 0 Å². The Kier molecular flexibility index (Phi) is 1.56. The van der Waals surface area contributed by atoms with Crippen LogP contribution in [0.1, 0.15) is 25.7 Å². The van der Waals surface area contributed by atoms with Crippen LogP contribution in [0.15, 0.2) is 0 Å². The second-order valence-corrected chi connectivity index (χ2v) is 5.24. The zero-order valence-corrected chi connectivity index (χ0v) is 8.40. The van der Waals surface area contributed by atoms with Crippen LogP contribution in [0.3, 0.4) is 0 Å². The molecule has 3 nitrogen and oxygen atoms in total. The van der Waals surface area contributed by atoms with Crippen molar-refractivity contribution in [1.29, 1.82) is 0 Å². The number of esters is 1. The first-order valence-electron chi connectivity index (χ1n) is 5.44. The summed E-state index contributed by atoms with van der Waals surface area (Å²) in [7, 11) is 1.48. The van der Waals surface area contributed by atoms with Crippen LogP contribution in [0.4, 0.5) is 0 Å². The Morgan fingerprint density at radius 3 is 2.43 bits per heavy atom. The number of hydrogen-bond donors (Lipinski definition) is 1. The first kappa shape index (κ1) is 8.72. The molecule has 3 heteroatoms. The van der Waals surface area contributed by atoms with Crippen molar-refractivity contribution >= 4 is 5.97 Å². The maximum absolute atomic E-state index is 11.8. The van der Waals surface area contributed by atoms with Crippen molar-refractivity contribution in [3.05, 3.63) is 0 Å². The maximum atomic E-state index is 11.8. The Hall–Kier alpha value is -0.570. The molecule has 0 aromatic heterocycles. The average molecular weight is 196 g/mol. The van der Waals surface area contributed by atoms with Crippen LogP contribution >= 0.6 is 0 Å². The molecule has 0 aliphatic heterocycles. The molecule has 4 aliphatic rings. The van der Waals surface area contributed by atoms with Crippen LogP contribution < -0.4 is 0 Å². The highest BCUT2D eigenvalue weighted by Crippen LogP contribution is 2.65. The van der Waals surface area contributed by atoms with E-state index in [4.69, 9.17) is 4.74 Å². The molecule has 2 unspecified atom stereocenters. The molecule has 0 aromatic carbocycles. The van der Waals surface area contributed by atoms with Crippen molar-refractivity contribution in [1.82, 2.24) is 0 Å². The molecule has 4 bridgehead atoms. The van der Waals surface area contributed by atoms with E-state index in [1.165, 1.54) is 7.11 Å². The second-order valence-electron chi connectivity index (χ2n) is 5.24. The summed E-state index contributed by atoms with van der Waals surface area (Å²) in [5.74, 6) is 1.20. The highest BCUT2D eigenvalue weighted by Gasteiger charge is 2.65. The molecule has 4 fully saturated rings. The van der Waals surface area contributed by atoms with Crippen molar-refractivity contribution in [2.45, 2.75) is 31.8 Å². The number of ether oxygens (including phenoxy) is 1. The molecule has 0 radical (unpaired) electrons. The summed E-state index contributed by atoms with van der Waals surface area (Å²) in [4.78, 5) is 11.8. The average Bonchev–Trinajstić information content (AvgIpc) is 2.62. The van der Waals surface area contributed by atoms with Gasteiger partial charge in [-0.3, -0.25) is 4.79 Å². The predicted molar refractivity (Wildman–Crippen MR) is 49.4 cm³/mol. The molecule has 78 valence electrons. The topological polar surface area (TPSA) is 46.5 Å². The molecular weight excluding hydrogens is 180 g/mol. The number of rotatable bonds is 1. The van der Waals surface area contributed by atoms with Gasteiger partial charge >= 0.3 is 5.97 Å². The fraction of sp³-hybridized carbons (Fsp3) is 0.909. The molecule has 4 rings (SSSR count). The zero-order valence-electron chi connectivity index (χ0n) is 8.40. The largest absolute Gasteiger partial charge is 0.469 e. The summed E-state index contributed by atoms with van der Waals surface area (Å²) in [6.07, 6.45) is 3.65. The van der Waals surface area contributed by atoms with Crippen LogP contribution in [0.5, 0.6) is 0 Å². The van der Waals surface area contributed by atoms with Crippen molar-refractivity contribution in [2.75, 3.05) is 7.11 Å². The van der Waals surface area contributed by atoms with E-state index in [-0.39, 0.29) is 17.5 Å². The van der Waals surface area contributed by atoms with E-state index in [0.717, 1.165) is 25.7 Å². The van der Waals surface area contributed by atoms with E-state index < -0.39 is 0 Å². The third-order valence-corrected chi connectivity index (χ3v) is 4.77. The van der Waals surface area contributed by atoms with Gasteiger partial charge in [-0.05, 0) is 43.4 Å². The number of carbonyl (C=O) groups is 1. The standard InChI is InChI=1S/C11H16O3/c1-14-10(13)11-4-6-2-8(11)3-7(5-11)9(6)12/h6-9,12H,2-5H2,1H3. The predicted octanol–water partition coefficient (Wildman–Crippen LogP) is 0.956. The minimum Gasteiger partial charge on any atom is -0.469 e. The van der Waals surface area contributed by atoms with Gasteiger partial charge in [-0.1, -0.05) is 0 Å². The van der Waals surface area contributed by atoms with E-state index in [0.29, 0.717) is 17.8 Å². The summed E-state index contributed by atoms with van der Waals surface area (Å²) in [6, 6.07) is 0. The molecule has 0 aromatic rings. The van der Waals surface area contributed by atoms with Crippen LogP contribution in [-0.2, 0) is 9.53 Å². The Morgan fingerprint density at radius 2 is 1.93 bits per heavy atom. The minimum atomic E-state index is -0.205. The van der Waals surface area contributed by atoms with Crippen molar-refractivity contribution in [3.8, 4) is 0 Å². The van der Waals surface area contributed by atoms with E-state index >= 15 is 0 Å².